The molecule has 0 atom stereocenters. The lowest BCUT2D eigenvalue weighted by Crippen LogP contribution is -2.20. The zero-order chi connectivity index (χ0) is 18.0. The molecule has 0 amide bonds. The van der Waals surface area contributed by atoms with Crippen LogP contribution in [0.2, 0.25) is 0 Å². The van der Waals surface area contributed by atoms with Crippen molar-refractivity contribution in [3.63, 3.8) is 0 Å². The fourth-order valence-electron chi connectivity index (χ4n) is 2.88. The van der Waals surface area contributed by atoms with Gasteiger partial charge in [0.1, 0.15) is 11.4 Å². The number of rotatable bonds is 4. The van der Waals surface area contributed by atoms with E-state index in [-0.39, 0.29) is 5.78 Å². The summed E-state index contributed by atoms with van der Waals surface area (Å²) in [6.45, 7) is 5.69. The number of nitrogens with zero attached hydrogens (tertiary/aromatic N) is 3. The van der Waals surface area contributed by atoms with Crippen LogP contribution in [0.4, 0.5) is 0 Å². The molecular formula is C21H21N3O. The van der Waals surface area contributed by atoms with Gasteiger partial charge in [-0.3, -0.25) is 4.79 Å². The Labute approximate surface area is 148 Å². The third kappa shape index (κ3) is 3.15. The van der Waals surface area contributed by atoms with Crippen molar-refractivity contribution >= 4 is 17.5 Å². The van der Waals surface area contributed by atoms with E-state index in [0.29, 0.717) is 29.2 Å². The van der Waals surface area contributed by atoms with Crippen LogP contribution in [0.3, 0.4) is 0 Å². The summed E-state index contributed by atoms with van der Waals surface area (Å²) >= 11 is 0. The predicted octanol–water partition coefficient (Wildman–Crippen LogP) is 3.94. The largest absolute Gasteiger partial charge is 0.347 e. The molecule has 0 unspecified atom stereocenters. The molecule has 25 heavy (non-hydrogen) atoms. The number of Topliss-reactive ketones (excluding diaryl/α,β-unsaturated/α-hetero) is 1. The lowest BCUT2D eigenvalue weighted by atomic mass is 9.85. The Morgan fingerprint density at radius 1 is 1.20 bits per heavy atom. The second-order valence-corrected chi connectivity index (χ2v) is 6.22. The average Bonchev–Trinajstić information content (AvgIpc) is 3.04. The first-order chi connectivity index (χ1) is 12.0. The van der Waals surface area contributed by atoms with Crippen molar-refractivity contribution in [2.24, 2.45) is 9.98 Å². The van der Waals surface area contributed by atoms with Crippen LogP contribution in [0.1, 0.15) is 29.3 Å². The van der Waals surface area contributed by atoms with E-state index in [0.717, 1.165) is 16.8 Å². The fraction of sp³-hybridized carbons (Fsp3) is 0.190. The Kier molecular flexibility index (Phi) is 4.61. The summed E-state index contributed by atoms with van der Waals surface area (Å²) in [6.07, 6.45) is 8.18. The number of carbonyl (C=O) groups excluding carboxylic acids is 1. The maximum absolute atomic E-state index is 13.0. The van der Waals surface area contributed by atoms with Gasteiger partial charge in [0.25, 0.3) is 0 Å². The summed E-state index contributed by atoms with van der Waals surface area (Å²) in [6, 6.07) is 7.60. The molecule has 4 heteroatoms. The molecule has 0 saturated carbocycles. The van der Waals surface area contributed by atoms with Crippen LogP contribution in [0.15, 0.2) is 82.0 Å². The van der Waals surface area contributed by atoms with Gasteiger partial charge in [-0.05, 0) is 13.3 Å². The molecule has 126 valence electrons. The monoisotopic (exact) mass is 331 g/mol. The number of carbonyl (C=O) groups is 1. The van der Waals surface area contributed by atoms with Gasteiger partial charge >= 0.3 is 0 Å². The molecule has 0 radical (unpaired) electrons. The van der Waals surface area contributed by atoms with E-state index in [4.69, 9.17) is 0 Å². The molecule has 1 aliphatic carbocycles. The Balaban J connectivity index is 2.05. The standard InChI is InChI=1S/C21H21N3O/c1-5-9-14(2)10-8-13-17-19-18(22-21(23-19)24(3)4)15-11-6-7-12-16(15)20(17)25/h5-12H,1,13H2,2-4H3/b10-8-,14-9-. The van der Waals surface area contributed by atoms with E-state index in [1.165, 1.54) is 0 Å². The molecule has 0 saturated heterocycles. The van der Waals surface area contributed by atoms with Crippen molar-refractivity contribution < 1.29 is 4.79 Å². The van der Waals surface area contributed by atoms with Crippen molar-refractivity contribution in [1.82, 2.24) is 4.90 Å². The van der Waals surface area contributed by atoms with Gasteiger partial charge in [-0.2, -0.15) is 0 Å². The Bertz CT molecular complexity index is 895. The molecule has 3 rings (SSSR count). The van der Waals surface area contributed by atoms with Crippen molar-refractivity contribution in [2.45, 2.75) is 13.3 Å². The number of fused-ring (bicyclic) bond motifs is 3. The first-order valence-electron chi connectivity index (χ1n) is 8.21. The third-order valence-corrected chi connectivity index (χ3v) is 4.12. The summed E-state index contributed by atoms with van der Waals surface area (Å²) in [5, 5.41) is 0. The van der Waals surface area contributed by atoms with Crippen LogP contribution >= 0.6 is 0 Å². The molecule has 1 aliphatic heterocycles. The summed E-state index contributed by atoms with van der Waals surface area (Å²) < 4.78 is 0. The highest BCUT2D eigenvalue weighted by Crippen LogP contribution is 2.32. The van der Waals surface area contributed by atoms with Crippen molar-refractivity contribution in [2.75, 3.05) is 14.1 Å². The van der Waals surface area contributed by atoms with Crippen molar-refractivity contribution in [1.29, 1.82) is 0 Å². The Hall–Kier alpha value is -3.01. The number of guanidine groups is 1. The van der Waals surface area contributed by atoms with E-state index < -0.39 is 0 Å². The molecule has 1 aromatic rings. The summed E-state index contributed by atoms with van der Waals surface area (Å²) in [5.74, 6) is 0.655. The predicted molar refractivity (Wildman–Crippen MR) is 103 cm³/mol. The molecule has 0 bridgehead atoms. The number of ketones is 1. The summed E-state index contributed by atoms with van der Waals surface area (Å²) in [5.41, 5.74) is 4.82. The van der Waals surface area contributed by atoms with Crippen molar-refractivity contribution in [3.8, 4) is 0 Å². The van der Waals surface area contributed by atoms with E-state index in [9.17, 15) is 4.79 Å². The number of aliphatic imine (C=N–C) groups is 2. The quantitative estimate of drug-likeness (QED) is 0.785. The highest BCUT2D eigenvalue weighted by atomic mass is 16.1. The molecule has 1 aromatic carbocycles. The average molecular weight is 331 g/mol. The molecule has 4 nitrogen and oxygen atoms in total. The van der Waals surface area contributed by atoms with Gasteiger partial charge in [-0.15, -0.1) is 0 Å². The molecule has 0 aromatic heterocycles. The van der Waals surface area contributed by atoms with E-state index in [2.05, 4.69) is 16.6 Å². The van der Waals surface area contributed by atoms with Crippen LogP contribution in [0, 0.1) is 0 Å². The highest BCUT2D eigenvalue weighted by molar-refractivity contribution is 6.32. The summed E-state index contributed by atoms with van der Waals surface area (Å²) in [4.78, 5) is 24.1. The van der Waals surface area contributed by atoms with Crippen LogP contribution in [-0.2, 0) is 0 Å². The minimum Gasteiger partial charge on any atom is -0.347 e. The molecule has 0 spiro atoms. The second kappa shape index (κ2) is 6.85. The molecule has 0 fully saturated rings. The van der Waals surface area contributed by atoms with E-state index >= 15 is 0 Å². The fourth-order valence-corrected chi connectivity index (χ4v) is 2.88. The minimum absolute atomic E-state index is 0.0308. The van der Waals surface area contributed by atoms with Gasteiger partial charge in [-0.1, -0.05) is 60.7 Å². The first-order valence-corrected chi connectivity index (χ1v) is 8.21. The smallest absolute Gasteiger partial charge is 0.226 e. The SMILES string of the molecule is C=C/C=C(C)\C=C/CC1=C2N=C(N(C)C)N=C2c2ccccc2C1=O. The van der Waals surface area contributed by atoms with Gasteiger partial charge in [0.05, 0.1) is 0 Å². The lowest BCUT2D eigenvalue weighted by molar-refractivity contribution is 0.103. The zero-order valence-corrected chi connectivity index (χ0v) is 14.8. The van der Waals surface area contributed by atoms with Gasteiger partial charge in [0.2, 0.25) is 5.96 Å². The highest BCUT2D eigenvalue weighted by Gasteiger charge is 2.33. The van der Waals surface area contributed by atoms with E-state index in [1.807, 2.05) is 68.4 Å². The molecule has 2 aliphatic rings. The Morgan fingerprint density at radius 3 is 2.60 bits per heavy atom. The second-order valence-electron chi connectivity index (χ2n) is 6.22. The van der Waals surface area contributed by atoms with Crippen molar-refractivity contribution in [3.05, 3.63) is 83.1 Å². The Morgan fingerprint density at radius 2 is 1.92 bits per heavy atom. The first kappa shape index (κ1) is 16.8. The normalized spacial score (nSPS) is 16.6. The number of hydrogen-bond acceptors (Lipinski definition) is 4. The van der Waals surface area contributed by atoms with Crippen LogP contribution in [-0.4, -0.2) is 36.4 Å². The van der Waals surface area contributed by atoms with Crippen LogP contribution < -0.4 is 0 Å². The number of hydrogen-bond donors (Lipinski definition) is 0. The molecule has 0 N–H and O–H groups in total. The van der Waals surface area contributed by atoms with Gasteiger partial charge < -0.3 is 4.90 Å². The van der Waals surface area contributed by atoms with E-state index in [1.54, 1.807) is 6.08 Å². The third-order valence-electron chi connectivity index (χ3n) is 4.12. The summed E-state index contributed by atoms with van der Waals surface area (Å²) in [7, 11) is 3.80. The van der Waals surface area contributed by atoms with Crippen LogP contribution in [0.25, 0.3) is 0 Å². The number of allylic oxidation sites excluding steroid dienone is 7. The van der Waals surface area contributed by atoms with Crippen LogP contribution in [0.5, 0.6) is 0 Å². The lowest BCUT2D eigenvalue weighted by Gasteiger charge is -2.18. The van der Waals surface area contributed by atoms with Gasteiger partial charge in [-0.25, -0.2) is 9.98 Å². The maximum atomic E-state index is 13.0. The topological polar surface area (TPSA) is 45.0 Å². The van der Waals surface area contributed by atoms with Gasteiger partial charge in [0.15, 0.2) is 5.78 Å². The van der Waals surface area contributed by atoms with Gasteiger partial charge in [0, 0.05) is 30.8 Å². The molecule has 1 heterocycles. The number of benzene rings is 1. The zero-order valence-electron chi connectivity index (χ0n) is 14.8. The molecular weight excluding hydrogens is 310 g/mol. The maximum Gasteiger partial charge on any atom is 0.226 e. The minimum atomic E-state index is 0.0308.